The minimum absolute atomic E-state index is 0.449. The van der Waals surface area contributed by atoms with Gasteiger partial charge in [-0.05, 0) is 38.5 Å². The molecule has 6 heteroatoms. The lowest BCUT2D eigenvalue weighted by Gasteiger charge is -2.12. The average Bonchev–Trinajstić information content (AvgIpc) is 2.91. The van der Waals surface area contributed by atoms with Crippen molar-refractivity contribution >= 4 is 45.7 Å². The molecule has 1 heterocycles. The number of carbonyl (C=O) groups is 1. The molecule has 0 aliphatic rings. The number of benzene rings is 2. The Labute approximate surface area is 168 Å². The van der Waals surface area contributed by atoms with Crippen molar-refractivity contribution in [2.45, 2.75) is 26.7 Å². The molecule has 3 rings (SSSR count). The van der Waals surface area contributed by atoms with Crippen LogP contribution in [0.4, 0.5) is 0 Å². The molecule has 4 nitrogen and oxygen atoms in total. The minimum atomic E-state index is -0.896. The first-order chi connectivity index (χ1) is 12.8. The quantitative estimate of drug-likeness (QED) is 0.600. The van der Waals surface area contributed by atoms with Crippen LogP contribution in [-0.4, -0.2) is 27.7 Å². The molecule has 0 fully saturated rings. The molecule has 1 N–H and O–H groups in total. The SMILES string of the molecule is COc1cc2c(C(C)C(=O)O)c(C)n(C(=S)c3ccc(C)cc3)c2cc1Cl. The van der Waals surface area contributed by atoms with Crippen LogP contribution in [0.5, 0.6) is 5.75 Å². The number of hydrogen-bond acceptors (Lipinski definition) is 3. The predicted molar refractivity (Wildman–Crippen MR) is 113 cm³/mol. The number of carboxylic acids is 1. The molecule has 27 heavy (non-hydrogen) atoms. The van der Waals surface area contributed by atoms with E-state index in [1.165, 1.54) is 7.11 Å². The Morgan fingerprint density at radius 3 is 2.41 bits per heavy atom. The molecule has 0 amide bonds. The second-order valence-electron chi connectivity index (χ2n) is 6.57. The molecule has 1 unspecified atom stereocenters. The van der Waals surface area contributed by atoms with Gasteiger partial charge >= 0.3 is 5.97 Å². The number of hydrogen-bond donors (Lipinski definition) is 1. The van der Waals surface area contributed by atoms with Crippen LogP contribution in [0.15, 0.2) is 36.4 Å². The summed E-state index contributed by atoms with van der Waals surface area (Å²) in [7, 11) is 1.54. The van der Waals surface area contributed by atoms with Crippen LogP contribution in [0, 0.1) is 13.8 Å². The van der Waals surface area contributed by atoms with Gasteiger partial charge in [0.1, 0.15) is 10.7 Å². The van der Waals surface area contributed by atoms with Gasteiger partial charge in [-0.15, -0.1) is 0 Å². The summed E-state index contributed by atoms with van der Waals surface area (Å²) < 4.78 is 7.23. The number of aliphatic carboxylic acids is 1. The van der Waals surface area contributed by atoms with Gasteiger partial charge in [0.2, 0.25) is 0 Å². The Morgan fingerprint density at radius 2 is 1.85 bits per heavy atom. The summed E-state index contributed by atoms with van der Waals surface area (Å²) in [6, 6.07) is 11.5. The molecule has 2 aromatic carbocycles. The van der Waals surface area contributed by atoms with Crippen molar-refractivity contribution < 1.29 is 14.6 Å². The molecule has 140 valence electrons. The van der Waals surface area contributed by atoms with E-state index in [1.54, 1.807) is 19.1 Å². The Hall–Kier alpha value is -2.37. The lowest BCUT2D eigenvalue weighted by molar-refractivity contribution is -0.138. The number of aryl methyl sites for hydroxylation is 1. The van der Waals surface area contributed by atoms with Gasteiger partial charge in [0.05, 0.1) is 23.6 Å². The van der Waals surface area contributed by atoms with E-state index in [1.807, 2.05) is 42.7 Å². The average molecular weight is 402 g/mol. The molecule has 0 radical (unpaired) electrons. The Kier molecular flexibility index (Phi) is 5.27. The first-order valence-electron chi connectivity index (χ1n) is 8.48. The Bertz CT molecular complexity index is 1050. The second-order valence-corrected chi connectivity index (χ2v) is 7.36. The molecule has 0 aliphatic heterocycles. The molecule has 0 saturated heterocycles. The fourth-order valence-electron chi connectivity index (χ4n) is 3.35. The van der Waals surface area contributed by atoms with Gasteiger partial charge in [0.25, 0.3) is 0 Å². The molecule has 0 saturated carbocycles. The number of rotatable bonds is 4. The van der Waals surface area contributed by atoms with Crippen molar-refractivity contribution in [1.29, 1.82) is 0 Å². The summed E-state index contributed by atoms with van der Waals surface area (Å²) in [5.41, 5.74) is 4.30. The number of thiocarbonyl (C=S) groups is 1. The fraction of sp³-hybridized carbons (Fsp3) is 0.238. The van der Waals surface area contributed by atoms with E-state index in [9.17, 15) is 9.90 Å². The van der Waals surface area contributed by atoms with Gasteiger partial charge in [-0.1, -0.05) is 53.6 Å². The molecular weight excluding hydrogens is 382 g/mol. The van der Waals surface area contributed by atoms with E-state index >= 15 is 0 Å². The Morgan fingerprint density at radius 1 is 1.22 bits per heavy atom. The highest BCUT2D eigenvalue weighted by molar-refractivity contribution is 7.80. The summed E-state index contributed by atoms with van der Waals surface area (Å²) in [4.78, 5) is 12.3. The third-order valence-corrected chi connectivity index (χ3v) is 5.55. The van der Waals surface area contributed by atoms with Gasteiger partial charge in [0.15, 0.2) is 0 Å². The Balaban J connectivity index is 2.33. The van der Waals surface area contributed by atoms with Crippen molar-refractivity contribution in [3.8, 4) is 5.75 Å². The largest absolute Gasteiger partial charge is 0.495 e. The van der Waals surface area contributed by atoms with E-state index in [4.69, 9.17) is 28.6 Å². The van der Waals surface area contributed by atoms with E-state index < -0.39 is 11.9 Å². The van der Waals surface area contributed by atoms with Crippen LogP contribution in [0.25, 0.3) is 10.9 Å². The van der Waals surface area contributed by atoms with Crippen molar-refractivity contribution in [2.24, 2.45) is 0 Å². The zero-order valence-electron chi connectivity index (χ0n) is 15.5. The zero-order chi connectivity index (χ0) is 19.9. The smallest absolute Gasteiger partial charge is 0.310 e. The number of aromatic nitrogens is 1. The highest BCUT2D eigenvalue weighted by Gasteiger charge is 2.26. The lowest BCUT2D eigenvalue weighted by Crippen LogP contribution is -2.14. The first kappa shape index (κ1) is 19.4. The number of ether oxygens (including phenoxy) is 1. The number of halogens is 1. The third kappa shape index (κ3) is 3.33. The highest BCUT2D eigenvalue weighted by Crippen LogP contribution is 2.38. The first-order valence-corrected chi connectivity index (χ1v) is 9.27. The highest BCUT2D eigenvalue weighted by atomic mass is 35.5. The van der Waals surface area contributed by atoms with Crippen LogP contribution in [0.1, 0.15) is 35.2 Å². The standard InChI is InChI=1S/C21H20ClNO3S/c1-11-5-7-14(8-6-11)20(27)23-13(3)19(12(2)21(24)25)15-9-18(26-4)16(22)10-17(15)23/h5-10,12H,1-4H3,(H,24,25). The number of fused-ring (bicyclic) bond motifs is 1. The number of carboxylic acid groups (broad SMARTS) is 1. The summed E-state index contributed by atoms with van der Waals surface area (Å²) in [6.45, 7) is 5.57. The van der Waals surface area contributed by atoms with Gasteiger partial charge in [-0.2, -0.15) is 0 Å². The van der Waals surface area contributed by atoms with Gasteiger partial charge in [-0.3, -0.25) is 4.79 Å². The van der Waals surface area contributed by atoms with Crippen LogP contribution in [0.2, 0.25) is 5.02 Å². The van der Waals surface area contributed by atoms with E-state index in [0.717, 1.165) is 27.7 Å². The summed E-state index contributed by atoms with van der Waals surface area (Å²) in [5, 5.41) is 10.8. The number of methoxy groups -OCH3 is 1. The minimum Gasteiger partial charge on any atom is -0.495 e. The zero-order valence-corrected chi connectivity index (χ0v) is 17.1. The van der Waals surface area contributed by atoms with Crippen LogP contribution < -0.4 is 4.74 Å². The molecule has 3 aromatic rings. The van der Waals surface area contributed by atoms with E-state index in [0.29, 0.717) is 21.3 Å². The summed E-state index contributed by atoms with van der Waals surface area (Å²) in [6.07, 6.45) is 0. The molecule has 1 atom stereocenters. The molecule has 0 aliphatic carbocycles. The molecule has 0 spiro atoms. The number of nitrogens with zero attached hydrogens (tertiary/aromatic N) is 1. The van der Waals surface area contributed by atoms with Gasteiger partial charge < -0.3 is 14.4 Å². The normalized spacial score (nSPS) is 12.2. The van der Waals surface area contributed by atoms with E-state index in [-0.39, 0.29) is 0 Å². The monoisotopic (exact) mass is 401 g/mol. The van der Waals surface area contributed by atoms with Crippen molar-refractivity contribution in [1.82, 2.24) is 4.57 Å². The second kappa shape index (κ2) is 7.33. The van der Waals surface area contributed by atoms with Crippen LogP contribution in [0.3, 0.4) is 0 Å². The van der Waals surface area contributed by atoms with Crippen LogP contribution >= 0.6 is 23.8 Å². The van der Waals surface area contributed by atoms with Crippen molar-refractivity contribution in [2.75, 3.05) is 7.11 Å². The van der Waals surface area contributed by atoms with E-state index in [2.05, 4.69) is 0 Å². The fourth-order valence-corrected chi connectivity index (χ4v) is 3.96. The summed E-state index contributed by atoms with van der Waals surface area (Å²) >= 11 is 12.1. The maximum atomic E-state index is 11.7. The molecule has 0 bridgehead atoms. The van der Waals surface area contributed by atoms with Gasteiger partial charge in [-0.25, -0.2) is 0 Å². The topological polar surface area (TPSA) is 51.5 Å². The molecule has 1 aromatic heterocycles. The van der Waals surface area contributed by atoms with Crippen molar-refractivity contribution in [3.05, 3.63) is 63.8 Å². The molecular formula is C21H20ClNO3S. The maximum Gasteiger partial charge on any atom is 0.310 e. The third-order valence-electron chi connectivity index (χ3n) is 4.83. The van der Waals surface area contributed by atoms with Crippen LogP contribution in [-0.2, 0) is 4.79 Å². The van der Waals surface area contributed by atoms with Gasteiger partial charge in [0, 0.05) is 16.6 Å². The maximum absolute atomic E-state index is 11.7. The van der Waals surface area contributed by atoms with Crippen molar-refractivity contribution in [3.63, 3.8) is 0 Å². The lowest BCUT2D eigenvalue weighted by atomic mass is 9.98. The predicted octanol–water partition coefficient (Wildman–Crippen LogP) is 5.33. The summed E-state index contributed by atoms with van der Waals surface area (Å²) in [5.74, 6) is -1.09.